The summed E-state index contributed by atoms with van der Waals surface area (Å²) in [6.45, 7) is 0. The lowest BCUT2D eigenvalue weighted by Crippen LogP contribution is -2.15. The van der Waals surface area contributed by atoms with Gasteiger partial charge >= 0.3 is 5.97 Å². The van der Waals surface area contributed by atoms with E-state index < -0.39 is 5.97 Å². The number of hydrogen-bond acceptors (Lipinski definition) is 4. The zero-order chi connectivity index (χ0) is 13.7. The number of rotatable bonds is 3. The minimum Gasteiger partial charge on any atom is -0.380 e. The number of amidine groups is 1. The van der Waals surface area contributed by atoms with E-state index >= 15 is 0 Å². The summed E-state index contributed by atoms with van der Waals surface area (Å²) in [4.78, 5) is 20.3. The van der Waals surface area contributed by atoms with E-state index in [2.05, 4.69) is 32.7 Å². The van der Waals surface area contributed by atoms with Gasteiger partial charge in [-0.1, -0.05) is 5.16 Å². The normalized spacial score (nSPS) is 11.1. The zero-order valence-electron chi connectivity index (χ0n) is 9.79. The number of benzene rings is 1. The van der Waals surface area contributed by atoms with E-state index in [4.69, 9.17) is 10.6 Å². The SMILES string of the molecule is N/C(=N/OC(=O)c1ccc(I)cc1)c1ccncc1. The first-order valence-electron chi connectivity index (χ1n) is 5.37. The Morgan fingerprint density at radius 2 is 1.74 bits per heavy atom. The Morgan fingerprint density at radius 1 is 1.11 bits per heavy atom. The monoisotopic (exact) mass is 367 g/mol. The molecule has 0 spiro atoms. The predicted octanol–water partition coefficient (Wildman–Crippen LogP) is 2.16. The number of oxime groups is 1. The third-order valence-electron chi connectivity index (χ3n) is 2.28. The fourth-order valence-electron chi connectivity index (χ4n) is 1.30. The summed E-state index contributed by atoms with van der Waals surface area (Å²) in [5.41, 5.74) is 6.76. The summed E-state index contributed by atoms with van der Waals surface area (Å²) < 4.78 is 1.04. The van der Waals surface area contributed by atoms with E-state index in [1.807, 2.05) is 12.1 Å². The molecule has 0 atom stereocenters. The first-order valence-corrected chi connectivity index (χ1v) is 6.45. The average Bonchev–Trinajstić information content (AvgIpc) is 2.46. The van der Waals surface area contributed by atoms with Crippen LogP contribution in [0.5, 0.6) is 0 Å². The van der Waals surface area contributed by atoms with E-state index in [-0.39, 0.29) is 5.84 Å². The highest BCUT2D eigenvalue weighted by Gasteiger charge is 2.07. The summed E-state index contributed by atoms with van der Waals surface area (Å²) in [5.74, 6) is -0.422. The van der Waals surface area contributed by atoms with Crippen molar-refractivity contribution in [3.05, 3.63) is 63.5 Å². The van der Waals surface area contributed by atoms with Crippen molar-refractivity contribution in [3.63, 3.8) is 0 Å². The van der Waals surface area contributed by atoms with Gasteiger partial charge in [-0.15, -0.1) is 0 Å². The molecule has 0 saturated heterocycles. The fraction of sp³-hybridized carbons (Fsp3) is 0. The standard InChI is InChI=1S/C13H10IN3O2/c14-11-3-1-10(2-4-11)13(18)19-17-12(15)9-5-7-16-8-6-9/h1-8H,(H2,15,17). The Bertz CT molecular complexity index is 597. The fourth-order valence-corrected chi connectivity index (χ4v) is 1.66. The van der Waals surface area contributed by atoms with Crippen LogP contribution in [-0.2, 0) is 4.84 Å². The second-order valence-corrected chi connectivity index (χ2v) is 4.84. The van der Waals surface area contributed by atoms with Crippen molar-refractivity contribution in [2.75, 3.05) is 0 Å². The Balaban J connectivity index is 2.06. The Kier molecular flexibility index (Phi) is 4.45. The van der Waals surface area contributed by atoms with Gasteiger partial charge in [0.1, 0.15) is 0 Å². The van der Waals surface area contributed by atoms with Gasteiger partial charge in [-0.05, 0) is 59.0 Å². The molecule has 19 heavy (non-hydrogen) atoms. The maximum Gasteiger partial charge on any atom is 0.365 e. The van der Waals surface area contributed by atoms with Gasteiger partial charge in [-0.2, -0.15) is 0 Å². The van der Waals surface area contributed by atoms with Gasteiger partial charge in [-0.25, -0.2) is 4.79 Å². The molecule has 2 aromatic rings. The highest BCUT2D eigenvalue weighted by molar-refractivity contribution is 14.1. The van der Waals surface area contributed by atoms with Crippen LogP contribution in [0, 0.1) is 3.57 Å². The molecule has 0 aliphatic rings. The molecule has 0 aliphatic heterocycles. The van der Waals surface area contributed by atoms with Gasteiger partial charge in [0.2, 0.25) is 0 Å². The molecule has 1 heterocycles. The van der Waals surface area contributed by atoms with Gasteiger partial charge in [0.15, 0.2) is 5.84 Å². The van der Waals surface area contributed by atoms with Crippen LogP contribution in [0.1, 0.15) is 15.9 Å². The van der Waals surface area contributed by atoms with Gasteiger partial charge < -0.3 is 10.6 Å². The van der Waals surface area contributed by atoms with E-state index in [1.165, 1.54) is 0 Å². The highest BCUT2D eigenvalue weighted by atomic mass is 127. The van der Waals surface area contributed by atoms with E-state index in [0.717, 1.165) is 3.57 Å². The number of carbonyl (C=O) groups excluding carboxylic acids is 1. The predicted molar refractivity (Wildman–Crippen MR) is 79.5 cm³/mol. The van der Waals surface area contributed by atoms with E-state index in [1.54, 1.807) is 36.7 Å². The van der Waals surface area contributed by atoms with Crippen LogP contribution in [-0.4, -0.2) is 16.8 Å². The van der Waals surface area contributed by atoms with Crippen LogP contribution in [0.15, 0.2) is 53.9 Å². The third kappa shape index (κ3) is 3.75. The molecule has 0 radical (unpaired) electrons. The van der Waals surface area contributed by atoms with Crippen LogP contribution in [0.2, 0.25) is 0 Å². The second kappa shape index (κ2) is 6.28. The number of halogens is 1. The number of nitrogens with zero attached hydrogens (tertiary/aromatic N) is 2. The molecule has 0 amide bonds. The quantitative estimate of drug-likeness (QED) is 0.297. The highest BCUT2D eigenvalue weighted by Crippen LogP contribution is 2.08. The van der Waals surface area contributed by atoms with Gasteiger partial charge in [0.05, 0.1) is 5.56 Å². The van der Waals surface area contributed by atoms with Gasteiger partial charge in [0, 0.05) is 21.5 Å². The number of hydrogen-bond donors (Lipinski definition) is 1. The molecule has 96 valence electrons. The molecular formula is C13H10IN3O2. The maximum absolute atomic E-state index is 11.7. The molecule has 0 aliphatic carbocycles. The zero-order valence-corrected chi connectivity index (χ0v) is 11.9. The number of nitrogens with two attached hydrogens (primary N) is 1. The largest absolute Gasteiger partial charge is 0.380 e. The lowest BCUT2D eigenvalue weighted by atomic mass is 10.2. The summed E-state index contributed by atoms with van der Waals surface area (Å²) in [6, 6.07) is 10.3. The average molecular weight is 367 g/mol. The third-order valence-corrected chi connectivity index (χ3v) is 3.00. The lowest BCUT2D eigenvalue weighted by Gasteiger charge is -2.01. The molecule has 2 rings (SSSR count). The summed E-state index contributed by atoms with van der Waals surface area (Å²) >= 11 is 2.15. The van der Waals surface area contributed by atoms with Crippen molar-refractivity contribution < 1.29 is 9.63 Å². The molecule has 0 fully saturated rings. The minimum absolute atomic E-state index is 0.126. The van der Waals surface area contributed by atoms with Crippen molar-refractivity contribution in [1.82, 2.24) is 4.98 Å². The molecule has 0 bridgehead atoms. The van der Waals surface area contributed by atoms with Crippen LogP contribution in [0.3, 0.4) is 0 Å². The molecular weight excluding hydrogens is 357 g/mol. The Hall–Kier alpha value is -1.96. The van der Waals surface area contributed by atoms with Crippen molar-refractivity contribution in [2.45, 2.75) is 0 Å². The Morgan fingerprint density at radius 3 is 2.37 bits per heavy atom. The molecule has 5 nitrogen and oxygen atoms in total. The van der Waals surface area contributed by atoms with Gasteiger partial charge in [-0.3, -0.25) is 4.98 Å². The van der Waals surface area contributed by atoms with Crippen molar-refractivity contribution in [1.29, 1.82) is 0 Å². The number of carbonyl (C=O) groups is 1. The summed E-state index contributed by atoms with van der Waals surface area (Å²) in [7, 11) is 0. The minimum atomic E-state index is -0.548. The van der Waals surface area contributed by atoms with E-state index in [9.17, 15) is 4.79 Å². The number of aromatic nitrogens is 1. The topological polar surface area (TPSA) is 77.6 Å². The van der Waals surface area contributed by atoms with Crippen LogP contribution in [0.4, 0.5) is 0 Å². The van der Waals surface area contributed by atoms with Crippen molar-refractivity contribution in [3.8, 4) is 0 Å². The summed E-state index contributed by atoms with van der Waals surface area (Å²) in [5, 5.41) is 3.61. The maximum atomic E-state index is 11.7. The molecule has 2 N–H and O–H groups in total. The molecule has 6 heteroatoms. The smallest absolute Gasteiger partial charge is 0.365 e. The van der Waals surface area contributed by atoms with Crippen molar-refractivity contribution in [2.24, 2.45) is 10.9 Å². The lowest BCUT2D eigenvalue weighted by molar-refractivity contribution is 0.0516. The molecule has 0 unspecified atom stereocenters. The van der Waals surface area contributed by atoms with Crippen molar-refractivity contribution >= 4 is 34.4 Å². The first-order chi connectivity index (χ1) is 9.16. The van der Waals surface area contributed by atoms with Crippen LogP contribution >= 0.6 is 22.6 Å². The van der Waals surface area contributed by atoms with Crippen LogP contribution < -0.4 is 5.73 Å². The molecule has 0 saturated carbocycles. The summed E-state index contributed by atoms with van der Waals surface area (Å²) in [6.07, 6.45) is 3.16. The number of pyridine rings is 1. The molecule has 1 aromatic heterocycles. The van der Waals surface area contributed by atoms with Gasteiger partial charge in [0.25, 0.3) is 0 Å². The molecule has 1 aromatic carbocycles. The van der Waals surface area contributed by atoms with E-state index in [0.29, 0.717) is 11.1 Å². The first kappa shape index (κ1) is 13.5. The Labute approximate surface area is 123 Å². The second-order valence-electron chi connectivity index (χ2n) is 3.60. The van der Waals surface area contributed by atoms with Crippen LogP contribution in [0.25, 0.3) is 0 Å².